The Balaban J connectivity index is 2.37. The predicted octanol–water partition coefficient (Wildman–Crippen LogP) is 2.80. The van der Waals surface area contributed by atoms with E-state index in [1.807, 2.05) is 30.3 Å². The van der Waals surface area contributed by atoms with Gasteiger partial charge in [-0.15, -0.1) is 0 Å². The second-order valence-electron chi connectivity index (χ2n) is 3.47. The van der Waals surface area contributed by atoms with Gasteiger partial charge in [0.15, 0.2) is 0 Å². The first-order valence-electron chi connectivity index (χ1n) is 5.24. The lowest BCUT2D eigenvalue weighted by molar-refractivity contribution is 0.413. The van der Waals surface area contributed by atoms with Crippen LogP contribution in [0.3, 0.4) is 0 Å². The zero-order chi connectivity index (χ0) is 12.1. The third kappa shape index (κ3) is 2.59. The van der Waals surface area contributed by atoms with Crippen LogP contribution in [0.1, 0.15) is 11.1 Å². The molecular weight excluding hydrogens is 212 g/mol. The Kier molecular flexibility index (Phi) is 3.32. The van der Waals surface area contributed by atoms with E-state index in [4.69, 9.17) is 4.74 Å². The summed E-state index contributed by atoms with van der Waals surface area (Å²) in [6.45, 7) is 0. The molecule has 2 aromatic rings. The number of benzene rings is 2. The molecule has 0 radical (unpaired) electrons. The normalized spacial score (nSPS) is 9.24. The topological polar surface area (TPSA) is 29.5 Å². The Morgan fingerprint density at radius 3 is 2.18 bits per heavy atom. The van der Waals surface area contributed by atoms with Gasteiger partial charge >= 0.3 is 0 Å². The van der Waals surface area contributed by atoms with Crippen LogP contribution in [0.4, 0.5) is 0 Å². The van der Waals surface area contributed by atoms with E-state index >= 15 is 0 Å². The minimum atomic E-state index is 0.190. The van der Waals surface area contributed by atoms with Crippen LogP contribution >= 0.6 is 0 Å². The van der Waals surface area contributed by atoms with Crippen LogP contribution in [0.15, 0.2) is 48.5 Å². The van der Waals surface area contributed by atoms with Crippen LogP contribution in [0.5, 0.6) is 11.5 Å². The Labute approximate surface area is 100 Å². The van der Waals surface area contributed by atoms with Crippen LogP contribution in [0.2, 0.25) is 0 Å². The second-order valence-corrected chi connectivity index (χ2v) is 3.47. The fourth-order valence-electron chi connectivity index (χ4n) is 1.46. The van der Waals surface area contributed by atoms with Crippen LogP contribution < -0.4 is 4.74 Å². The highest BCUT2D eigenvalue weighted by Gasteiger charge is 1.98. The maximum absolute atomic E-state index is 9.58. The summed E-state index contributed by atoms with van der Waals surface area (Å²) in [5.41, 5.74) is 1.41. The minimum absolute atomic E-state index is 0.190. The summed E-state index contributed by atoms with van der Waals surface area (Å²) in [5, 5.41) is 9.58. The molecule has 0 aromatic heterocycles. The summed E-state index contributed by atoms with van der Waals surface area (Å²) in [5.74, 6) is 6.83. The van der Waals surface area contributed by atoms with Crippen molar-refractivity contribution in [1.29, 1.82) is 0 Å². The van der Waals surface area contributed by atoms with Gasteiger partial charge in [0.05, 0.1) is 18.2 Å². The molecular formula is C15H12O2. The molecule has 0 unspecified atom stereocenters. The molecule has 1 N–H and O–H groups in total. The standard InChI is InChI=1S/C15H12O2/c1-17-15-9-5-3-7-13(15)11-10-12-6-2-4-8-14(12)16/h2-9,16H,1H3. The van der Waals surface area contributed by atoms with Crippen molar-refractivity contribution in [2.75, 3.05) is 7.11 Å². The first-order valence-corrected chi connectivity index (χ1v) is 5.24. The molecule has 0 aliphatic rings. The maximum atomic E-state index is 9.58. The Morgan fingerprint density at radius 2 is 1.47 bits per heavy atom. The van der Waals surface area contributed by atoms with Crippen molar-refractivity contribution in [2.24, 2.45) is 0 Å². The van der Waals surface area contributed by atoms with Gasteiger partial charge in [-0.1, -0.05) is 36.1 Å². The third-order valence-corrected chi connectivity index (χ3v) is 2.34. The van der Waals surface area contributed by atoms with Crippen molar-refractivity contribution in [2.45, 2.75) is 0 Å². The Hall–Kier alpha value is -2.40. The number of hydrogen-bond acceptors (Lipinski definition) is 2. The molecule has 0 saturated heterocycles. The molecule has 0 amide bonds. The lowest BCUT2D eigenvalue weighted by atomic mass is 10.1. The van der Waals surface area contributed by atoms with Crippen LogP contribution in [0.25, 0.3) is 0 Å². The van der Waals surface area contributed by atoms with Gasteiger partial charge in [-0.25, -0.2) is 0 Å². The van der Waals surface area contributed by atoms with Crippen molar-refractivity contribution in [3.63, 3.8) is 0 Å². The van der Waals surface area contributed by atoms with Gasteiger partial charge in [0.25, 0.3) is 0 Å². The number of aromatic hydroxyl groups is 1. The van der Waals surface area contributed by atoms with Crippen molar-refractivity contribution < 1.29 is 9.84 Å². The predicted molar refractivity (Wildman–Crippen MR) is 67.1 cm³/mol. The molecule has 2 nitrogen and oxygen atoms in total. The molecule has 0 bridgehead atoms. The summed E-state index contributed by atoms with van der Waals surface area (Å²) < 4.78 is 5.20. The molecule has 17 heavy (non-hydrogen) atoms. The molecule has 0 atom stereocenters. The van der Waals surface area contributed by atoms with Crippen molar-refractivity contribution in [3.8, 4) is 23.3 Å². The molecule has 0 saturated carbocycles. The number of phenols is 1. The first kappa shape index (κ1) is 11.1. The highest BCUT2D eigenvalue weighted by molar-refractivity contribution is 5.52. The van der Waals surface area contributed by atoms with Gasteiger partial charge in [0.1, 0.15) is 11.5 Å². The molecule has 0 aliphatic carbocycles. The van der Waals surface area contributed by atoms with Crippen molar-refractivity contribution >= 4 is 0 Å². The molecule has 0 fully saturated rings. The monoisotopic (exact) mass is 224 g/mol. The number of phenolic OH excluding ortho intramolecular Hbond substituents is 1. The Bertz CT molecular complexity index is 577. The first-order chi connectivity index (χ1) is 8.31. The van der Waals surface area contributed by atoms with E-state index in [9.17, 15) is 5.11 Å². The highest BCUT2D eigenvalue weighted by Crippen LogP contribution is 2.17. The quantitative estimate of drug-likeness (QED) is 0.755. The van der Waals surface area contributed by atoms with E-state index < -0.39 is 0 Å². The van der Waals surface area contributed by atoms with Gasteiger partial charge in [-0.05, 0) is 24.3 Å². The number of rotatable bonds is 1. The van der Waals surface area contributed by atoms with Gasteiger partial charge in [-0.3, -0.25) is 0 Å². The molecule has 2 heteroatoms. The zero-order valence-corrected chi connectivity index (χ0v) is 9.47. The SMILES string of the molecule is COc1ccccc1C#Cc1ccccc1O. The van der Waals surface area contributed by atoms with Crippen LogP contribution in [-0.2, 0) is 0 Å². The number of ether oxygens (including phenoxy) is 1. The molecule has 0 heterocycles. The Morgan fingerprint density at radius 1 is 0.882 bits per heavy atom. The fourth-order valence-corrected chi connectivity index (χ4v) is 1.46. The third-order valence-electron chi connectivity index (χ3n) is 2.34. The van der Waals surface area contributed by atoms with Crippen molar-refractivity contribution in [3.05, 3.63) is 59.7 Å². The van der Waals surface area contributed by atoms with E-state index in [0.717, 1.165) is 11.3 Å². The molecule has 84 valence electrons. The largest absolute Gasteiger partial charge is 0.507 e. The summed E-state index contributed by atoms with van der Waals surface area (Å²) in [7, 11) is 1.61. The number of methoxy groups -OCH3 is 1. The zero-order valence-electron chi connectivity index (χ0n) is 9.47. The summed E-state index contributed by atoms with van der Waals surface area (Å²) in [6.07, 6.45) is 0. The van der Waals surface area contributed by atoms with Gasteiger partial charge in [0.2, 0.25) is 0 Å². The van der Waals surface area contributed by atoms with E-state index in [1.54, 1.807) is 25.3 Å². The average Bonchev–Trinajstić information content (AvgIpc) is 2.38. The highest BCUT2D eigenvalue weighted by atomic mass is 16.5. The van der Waals surface area contributed by atoms with Gasteiger partial charge < -0.3 is 9.84 Å². The smallest absolute Gasteiger partial charge is 0.134 e. The van der Waals surface area contributed by atoms with E-state index in [2.05, 4.69) is 11.8 Å². The summed E-state index contributed by atoms with van der Waals surface area (Å²) in [6, 6.07) is 14.5. The lowest BCUT2D eigenvalue weighted by Crippen LogP contribution is -1.86. The molecule has 2 aromatic carbocycles. The van der Waals surface area contributed by atoms with Crippen LogP contribution in [-0.4, -0.2) is 12.2 Å². The van der Waals surface area contributed by atoms with Crippen molar-refractivity contribution in [1.82, 2.24) is 0 Å². The fraction of sp³-hybridized carbons (Fsp3) is 0.0667. The molecule has 0 aliphatic heterocycles. The van der Waals surface area contributed by atoms with E-state index in [0.29, 0.717) is 5.56 Å². The van der Waals surface area contributed by atoms with E-state index in [1.165, 1.54) is 0 Å². The van der Waals surface area contributed by atoms with Gasteiger partial charge in [0, 0.05) is 0 Å². The summed E-state index contributed by atoms with van der Waals surface area (Å²) >= 11 is 0. The number of hydrogen-bond donors (Lipinski definition) is 1. The average molecular weight is 224 g/mol. The lowest BCUT2D eigenvalue weighted by Gasteiger charge is -2.01. The molecule has 0 spiro atoms. The number of para-hydroxylation sites is 2. The second kappa shape index (κ2) is 5.09. The summed E-state index contributed by atoms with van der Waals surface area (Å²) in [4.78, 5) is 0. The molecule has 2 rings (SSSR count). The minimum Gasteiger partial charge on any atom is -0.507 e. The van der Waals surface area contributed by atoms with Crippen LogP contribution in [0, 0.1) is 11.8 Å². The maximum Gasteiger partial charge on any atom is 0.134 e. The van der Waals surface area contributed by atoms with Gasteiger partial charge in [-0.2, -0.15) is 0 Å². The van der Waals surface area contributed by atoms with E-state index in [-0.39, 0.29) is 5.75 Å².